The number of carbonyl (C=O) groups excluding carboxylic acids is 1. The molecule has 0 radical (unpaired) electrons. The van der Waals surface area contributed by atoms with E-state index in [1.807, 2.05) is 20.2 Å². The number of aromatic nitrogens is 4. The molecule has 0 aliphatic carbocycles. The van der Waals surface area contributed by atoms with Gasteiger partial charge in [-0.3, -0.25) is 9.48 Å². The smallest absolute Gasteiger partial charge is 0.328 e. The average molecular weight is 305 g/mol. The fourth-order valence-corrected chi connectivity index (χ4v) is 2.22. The second kappa shape index (κ2) is 6.00. The summed E-state index contributed by atoms with van der Waals surface area (Å²) in [4.78, 5) is 25.1. The molecule has 1 amide bonds. The van der Waals surface area contributed by atoms with Gasteiger partial charge in [-0.15, -0.1) is 0 Å². The maximum atomic E-state index is 12.5. The lowest BCUT2D eigenvalue weighted by Gasteiger charge is -2.18. The molecule has 2 aromatic rings. The molecule has 0 spiro atoms. The molecule has 2 heterocycles. The molecule has 0 saturated carbocycles. The van der Waals surface area contributed by atoms with E-state index in [0.717, 1.165) is 11.3 Å². The highest BCUT2D eigenvalue weighted by Gasteiger charge is 2.23. The first-order chi connectivity index (χ1) is 10.3. The van der Waals surface area contributed by atoms with Crippen LogP contribution in [0.5, 0.6) is 0 Å². The average Bonchev–Trinajstić information content (AvgIpc) is 3.04. The van der Waals surface area contributed by atoms with E-state index in [-0.39, 0.29) is 11.6 Å². The fraction of sp³-hybridized carbons (Fsp3) is 0.429. The first kappa shape index (κ1) is 15.7. The Hall–Kier alpha value is -2.64. The predicted octanol–water partition coefficient (Wildman–Crippen LogP) is 0.843. The van der Waals surface area contributed by atoms with Gasteiger partial charge in [0, 0.05) is 38.6 Å². The molecule has 0 aliphatic rings. The Balaban J connectivity index is 2.20. The third kappa shape index (κ3) is 3.00. The van der Waals surface area contributed by atoms with Crippen molar-refractivity contribution >= 4 is 11.9 Å². The van der Waals surface area contributed by atoms with Crippen LogP contribution in [-0.4, -0.2) is 48.5 Å². The number of aryl methyl sites for hydroxylation is 2. The molecule has 22 heavy (non-hydrogen) atoms. The normalized spacial score (nSPS) is 12.2. The lowest BCUT2D eigenvalue weighted by molar-refractivity contribution is -0.140. The number of aliphatic carboxylic acids is 1. The van der Waals surface area contributed by atoms with E-state index in [1.54, 1.807) is 11.7 Å². The standard InChI is InChI=1S/C14H19N5O3/c1-9-11(8-18(4)16-9)7-17(3)13(20)12-5-6-15-19(12)10(2)14(21)22/h5-6,8,10H,7H2,1-4H3,(H,21,22). The summed E-state index contributed by atoms with van der Waals surface area (Å²) in [5.41, 5.74) is 2.05. The minimum atomic E-state index is -1.04. The first-order valence-electron chi connectivity index (χ1n) is 6.82. The zero-order chi connectivity index (χ0) is 16.4. The monoisotopic (exact) mass is 305 g/mol. The van der Waals surface area contributed by atoms with E-state index in [4.69, 9.17) is 5.11 Å². The van der Waals surface area contributed by atoms with Crippen LogP contribution in [0.4, 0.5) is 0 Å². The third-order valence-corrected chi connectivity index (χ3v) is 3.48. The predicted molar refractivity (Wildman–Crippen MR) is 78.3 cm³/mol. The maximum Gasteiger partial charge on any atom is 0.328 e. The molecular formula is C14H19N5O3. The van der Waals surface area contributed by atoms with Crippen molar-refractivity contribution in [3.63, 3.8) is 0 Å². The Morgan fingerprint density at radius 3 is 2.68 bits per heavy atom. The van der Waals surface area contributed by atoms with E-state index in [0.29, 0.717) is 6.54 Å². The van der Waals surface area contributed by atoms with Gasteiger partial charge in [0.05, 0.1) is 5.69 Å². The summed E-state index contributed by atoms with van der Waals surface area (Å²) < 4.78 is 2.91. The van der Waals surface area contributed by atoms with Crippen LogP contribution in [0.15, 0.2) is 18.5 Å². The van der Waals surface area contributed by atoms with Gasteiger partial charge in [-0.05, 0) is 19.9 Å². The highest BCUT2D eigenvalue weighted by atomic mass is 16.4. The van der Waals surface area contributed by atoms with Gasteiger partial charge in [0.15, 0.2) is 0 Å². The molecular weight excluding hydrogens is 286 g/mol. The summed E-state index contributed by atoms with van der Waals surface area (Å²) in [6.07, 6.45) is 3.28. The molecule has 1 atom stereocenters. The molecule has 8 nitrogen and oxygen atoms in total. The molecule has 1 N–H and O–H groups in total. The number of carboxylic acid groups (broad SMARTS) is 1. The molecule has 118 valence electrons. The molecule has 0 aliphatic heterocycles. The van der Waals surface area contributed by atoms with Crippen molar-refractivity contribution in [1.82, 2.24) is 24.5 Å². The third-order valence-electron chi connectivity index (χ3n) is 3.48. The van der Waals surface area contributed by atoms with E-state index < -0.39 is 12.0 Å². The van der Waals surface area contributed by atoms with E-state index in [9.17, 15) is 9.59 Å². The van der Waals surface area contributed by atoms with E-state index >= 15 is 0 Å². The lowest BCUT2D eigenvalue weighted by atomic mass is 10.2. The molecule has 0 bridgehead atoms. The van der Waals surface area contributed by atoms with Crippen molar-refractivity contribution in [2.24, 2.45) is 7.05 Å². The van der Waals surface area contributed by atoms with E-state index in [2.05, 4.69) is 10.2 Å². The van der Waals surface area contributed by atoms with Crippen molar-refractivity contribution < 1.29 is 14.7 Å². The SMILES string of the molecule is Cc1nn(C)cc1CN(C)C(=O)c1ccnn1C(C)C(=O)O. The summed E-state index contributed by atoms with van der Waals surface area (Å²) in [6, 6.07) is 0.622. The number of carbonyl (C=O) groups is 2. The van der Waals surface area contributed by atoms with Gasteiger partial charge < -0.3 is 10.0 Å². The molecule has 2 rings (SSSR count). The molecule has 0 aromatic carbocycles. The summed E-state index contributed by atoms with van der Waals surface area (Å²) in [5, 5.41) is 17.3. The van der Waals surface area contributed by atoms with Crippen LogP contribution >= 0.6 is 0 Å². The van der Waals surface area contributed by atoms with Gasteiger partial charge in [0.25, 0.3) is 5.91 Å². The molecule has 0 fully saturated rings. The second-order valence-corrected chi connectivity index (χ2v) is 5.25. The summed E-state index contributed by atoms with van der Waals surface area (Å²) in [6.45, 7) is 3.76. The summed E-state index contributed by atoms with van der Waals surface area (Å²) in [5.74, 6) is -1.32. The van der Waals surface area contributed by atoms with Crippen LogP contribution in [0.2, 0.25) is 0 Å². The Labute approximate surface area is 127 Å². The quantitative estimate of drug-likeness (QED) is 0.883. The van der Waals surface area contributed by atoms with Crippen molar-refractivity contribution in [2.45, 2.75) is 26.4 Å². The number of carboxylic acids is 1. The molecule has 0 saturated heterocycles. The molecule has 8 heteroatoms. The van der Waals surface area contributed by atoms with Gasteiger partial charge in [-0.2, -0.15) is 10.2 Å². The van der Waals surface area contributed by atoms with Crippen LogP contribution in [0.1, 0.15) is 34.7 Å². The zero-order valence-corrected chi connectivity index (χ0v) is 13.0. The number of nitrogens with zero attached hydrogens (tertiary/aromatic N) is 5. The largest absolute Gasteiger partial charge is 0.480 e. The van der Waals surface area contributed by atoms with Gasteiger partial charge >= 0.3 is 5.97 Å². The molecule has 1 unspecified atom stereocenters. The first-order valence-corrected chi connectivity index (χ1v) is 6.82. The van der Waals surface area contributed by atoms with Crippen LogP contribution in [0.3, 0.4) is 0 Å². The van der Waals surface area contributed by atoms with Gasteiger partial charge in [0.2, 0.25) is 0 Å². The zero-order valence-electron chi connectivity index (χ0n) is 13.0. The minimum absolute atomic E-state index is 0.249. The Bertz CT molecular complexity index is 703. The maximum absolute atomic E-state index is 12.5. The Morgan fingerprint density at radius 2 is 2.14 bits per heavy atom. The van der Waals surface area contributed by atoms with Gasteiger partial charge in [-0.1, -0.05) is 0 Å². The Kier molecular flexibility index (Phi) is 4.30. The van der Waals surface area contributed by atoms with Crippen LogP contribution in [0.25, 0.3) is 0 Å². The summed E-state index contributed by atoms with van der Waals surface area (Å²) in [7, 11) is 3.49. The van der Waals surface area contributed by atoms with Gasteiger partial charge in [0.1, 0.15) is 11.7 Å². The van der Waals surface area contributed by atoms with Crippen molar-refractivity contribution in [3.05, 3.63) is 35.4 Å². The Morgan fingerprint density at radius 1 is 1.45 bits per heavy atom. The van der Waals surface area contributed by atoms with Gasteiger partial charge in [-0.25, -0.2) is 9.48 Å². The fourth-order valence-electron chi connectivity index (χ4n) is 2.22. The second-order valence-electron chi connectivity index (χ2n) is 5.25. The number of hydrogen-bond donors (Lipinski definition) is 1. The topological polar surface area (TPSA) is 93.3 Å². The minimum Gasteiger partial charge on any atom is -0.480 e. The highest BCUT2D eigenvalue weighted by molar-refractivity contribution is 5.92. The van der Waals surface area contributed by atoms with Crippen LogP contribution in [-0.2, 0) is 18.4 Å². The number of amides is 1. The lowest BCUT2D eigenvalue weighted by Crippen LogP contribution is -2.30. The van der Waals surface area contributed by atoms with Crippen LogP contribution in [0, 0.1) is 6.92 Å². The van der Waals surface area contributed by atoms with E-state index in [1.165, 1.54) is 28.8 Å². The van der Waals surface area contributed by atoms with Crippen molar-refractivity contribution in [2.75, 3.05) is 7.05 Å². The highest BCUT2D eigenvalue weighted by Crippen LogP contribution is 2.14. The van der Waals surface area contributed by atoms with Crippen molar-refractivity contribution in [3.8, 4) is 0 Å². The van der Waals surface area contributed by atoms with Crippen molar-refractivity contribution in [1.29, 1.82) is 0 Å². The van der Waals surface area contributed by atoms with Crippen LogP contribution < -0.4 is 0 Å². The number of rotatable bonds is 5. The molecule has 2 aromatic heterocycles. The summed E-state index contributed by atoms with van der Waals surface area (Å²) >= 11 is 0. The number of hydrogen-bond acceptors (Lipinski definition) is 4.